The van der Waals surface area contributed by atoms with Crippen LogP contribution in [0, 0.1) is 0 Å². The second-order valence-electron chi connectivity index (χ2n) is 6.35. The van der Waals surface area contributed by atoms with Crippen LogP contribution in [0.2, 0.25) is 0 Å². The van der Waals surface area contributed by atoms with Crippen molar-refractivity contribution in [3.05, 3.63) is 29.8 Å². The molecule has 3 rings (SSSR count). The van der Waals surface area contributed by atoms with E-state index in [1.54, 1.807) is 0 Å². The summed E-state index contributed by atoms with van der Waals surface area (Å²) in [5.74, 6) is 1.09. The summed E-state index contributed by atoms with van der Waals surface area (Å²) in [7, 11) is 0. The van der Waals surface area contributed by atoms with E-state index in [9.17, 15) is 0 Å². The lowest BCUT2D eigenvalue weighted by Gasteiger charge is -2.41. The van der Waals surface area contributed by atoms with Crippen LogP contribution in [0.3, 0.4) is 0 Å². The van der Waals surface area contributed by atoms with Crippen LogP contribution in [-0.2, 0) is 0 Å². The molecule has 0 spiro atoms. The number of fused-ring (bicyclic) bond motifs is 1. The number of hydrogen-bond donors (Lipinski definition) is 1. The number of nitrogens with one attached hydrogen (secondary N) is 1. The molecule has 2 unspecified atom stereocenters. The third-order valence-electron chi connectivity index (χ3n) is 4.39. The van der Waals surface area contributed by atoms with Gasteiger partial charge in [0.1, 0.15) is 5.75 Å². The van der Waals surface area contributed by atoms with Crippen LogP contribution in [0.4, 0.5) is 0 Å². The first-order valence-electron chi connectivity index (χ1n) is 7.96. The van der Waals surface area contributed by atoms with E-state index in [4.69, 9.17) is 4.74 Å². The van der Waals surface area contributed by atoms with Gasteiger partial charge >= 0.3 is 0 Å². The second kappa shape index (κ2) is 6.15. The molecular formula is C17H26N2O. The Kier molecular flexibility index (Phi) is 4.27. The number of ether oxygens (including phenoxy) is 1. The van der Waals surface area contributed by atoms with Crippen molar-refractivity contribution < 1.29 is 4.74 Å². The largest absolute Gasteiger partial charge is 0.493 e. The van der Waals surface area contributed by atoms with Gasteiger partial charge in [0.2, 0.25) is 0 Å². The van der Waals surface area contributed by atoms with E-state index in [2.05, 4.69) is 48.3 Å². The lowest BCUT2D eigenvalue weighted by molar-refractivity contribution is 0.0999. The molecule has 0 aliphatic carbocycles. The van der Waals surface area contributed by atoms with Crippen LogP contribution in [0.15, 0.2) is 24.3 Å². The van der Waals surface area contributed by atoms with Gasteiger partial charge in [0, 0.05) is 36.7 Å². The standard InChI is InChI=1S/C17H26N2O/c1-13(2)18-14-6-5-10-19(12-14)16-9-11-20-17-8-4-3-7-15(16)17/h3-4,7-8,13-14,16,18H,5-6,9-12H2,1-2H3. The average Bonchev–Trinajstić information content (AvgIpc) is 2.46. The Morgan fingerprint density at radius 2 is 2.10 bits per heavy atom. The molecule has 2 aliphatic rings. The highest BCUT2D eigenvalue weighted by Crippen LogP contribution is 2.36. The number of piperidine rings is 1. The van der Waals surface area contributed by atoms with Crippen LogP contribution in [-0.4, -0.2) is 36.7 Å². The van der Waals surface area contributed by atoms with E-state index >= 15 is 0 Å². The Labute approximate surface area is 122 Å². The van der Waals surface area contributed by atoms with Crippen LogP contribution in [0.5, 0.6) is 5.75 Å². The summed E-state index contributed by atoms with van der Waals surface area (Å²) < 4.78 is 5.79. The molecule has 3 heteroatoms. The van der Waals surface area contributed by atoms with Gasteiger partial charge in [-0.05, 0) is 25.5 Å². The highest BCUT2D eigenvalue weighted by atomic mass is 16.5. The molecule has 0 aromatic heterocycles. The maximum absolute atomic E-state index is 5.79. The molecule has 0 radical (unpaired) electrons. The van der Waals surface area contributed by atoms with E-state index in [1.165, 1.54) is 24.9 Å². The highest BCUT2D eigenvalue weighted by Gasteiger charge is 2.30. The summed E-state index contributed by atoms with van der Waals surface area (Å²) in [6.45, 7) is 7.71. The molecule has 1 N–H and O–H groups in total. The van der Waals surface area contributed by atoms with Crippen molar-refractivity contribution in [3.8, 4) is 5.75 Å². The van der Waals surface area contributed by atoms with Gasteiger partial charge in [-0.1, -0.05) is 32.0 Å². The van der Waals surface area contributed by atoms with Gasteiger partial charge in [-0.15, -0.1) is 0 Å². The molecule has 1 aromatic carbocycles. The minimum absolute atomic E-state index is 0.539. The zero-order chi connectivity index (χ0) is 13.9. The van der Waals surface area contributed by atoms with Crippen molar-refractivity contribution in [3.63, 3.8) is 0 Å². The molecule has 0 saturated carbocycles. The lowest BCUT2D eigenvalue weighted by atomic mass is 9.95. The number of para-hydroxylation sites is 1. The normalized spacial score (nSPS) is 27.1. The number of nitrogens with zero attached hydrogens (tertiary/aromatic N) is 1. The van der Waals surface area contributed by atoms with Crippen LogP contribution in [0.25, 0.3) is 0 Å². The summed E-state index contributed by atoms with van der Waals surface area (Å²) >= 11 is 0. The van der Waals surface area contributed by atoms with Gasteiger partial charge in [-0.2, -0.15) is 0 Å². The van der Waals surface area contributed by atoms with Crippen molar-refractivity contribution in [1.29, 1.82) is 0 Å². The minimum Gasteiger partial charge on any atom is -0.493 e. The van der Waals surface area contributed by atoms with E-state index in [0.717, 1.165) is 25.3 Å². The Morgan fingerprint density at radius 3 is 2.95 bits per heavy atom. The summed E-state index contributed by atoms with van der Waals surface area (Å²) in [5, 5.41) is 3.70. The van der Waals surface area contributed by atoms with Crippen molar-refractivity contribution in [1.82, 2.24) is 10.2 Å². The average molecular weight is 274 g/mol. The quantitative estimate of drug-likeness (QED) is 0.917. The smallest absolute Gasteiger partial charge is 0.124 e. The predicted octanol–water partition coefficient (Wildman–Crippen LogP) is 2.97. The topological polar surface area (TPSA) is 24.5 Å². The maximum Gasteiger partial charge on any atom is 0.124 e. The van der Waals surface area contributed by atoms with Crippen molar-refractivity contribution in [2.45, 2.75) is 51.2 Å². The molecule has 1 fully saturated rings. The lowest BCUT2D eigenvalue weighted by Crippen LogP contribution is -2.49. The molecule has 110 valence electrons. The van der Waals surface area contributed by atoms with E-state index in [-0.39, 0.29) is 0 Å². The van der Waals surface area contributed by atoms with Crippen molar-refractivity contribution in [2.75, 3.05) is 19.7 Å². The summed E-state index contributed by atoms with van der Waals surface area (Å²) in [6.07, 6.45) is 3.72. The van der Waals surface area contributed by atoms with Crippen molar-refractivity contribution >= 4 is 0 Å². The zero-order valence-corrected chi connectivity index (χ0v) is 12.6. The predicted molar refractivity (Wildman–Crippen MR) is 82.2 cm³/mol. The fourth-order valence-electron chi connectivity index (χ4n) is 3.60. The Hall–Kier alpha value is -1.06. The van der Waals surface area contributed by atoms with Crippen molar-refractivity contribution in [2.24, 2.45) is 0 Å². The summed E-state index contributed by atoms with van der Waals surface area (Å²) in [5.41, 5.74) is 1.38. The Morgan fingerprint density at radius 1 is 1.25 bits per heavy atom. The molecule has 1 saturated heterocycles. The third-order valence-corrected chi connectivity index (χ3v) is 4.39. The summed E-state index contributed by atoms with van der Waals surface area (Å²) in [4.78, 5) is 2.66. The van der Waals surface area contributed by atoms with Crippen LogP contribution < -0.4 is 10.1 Å². The fraction of sp³-hybridized carbons (Fsp3) is 0.647. The molecule has 20 heavy (non-hydrogen) atoms. The molecule has 2 atom stereocenters. The number of rotatable bonds is 3. The van der Waals surface area contributed by atoms with E-state index in [0.29, 0.717) is 18.1 Å². The minimum atomic E-state index is 0.539. The van der Waals surface area contributed by atoms with Gasteiger partial charge < -0.3 is 10.1 Å². The Bertz CT molecular complexity index is 446. The first-order chi connectivity index (χ1) is 9.74. The third kappa shape index (κ3) is 2.99. The van der Waals surface area contributed by atoms with E-state index < -0.39 is 0 Å². The monoisotopic (exact) mass is 274 g/mol. The van der Waals surface area contributed by atoms with Crippen LogP contribution in [0.1, 0.15) is 44.7 Å². The van der Waals surface area contributed by atoms with Crippen LogP contribution >= 0.6 is 0 Å². The number of hydrogen-bond acceptors (Lipinski definition) is 3. The molecule has 2 heterocycles. The number of benzene rings is 1. The van der Waals surface area contributed by atoms with Gasteiger partial charge in [0.05, 0.1) is 6.61 Å². The summed E-state index contributed by atoms with van der Waals surface area (Å²) in [6, 6.07) is 10.3. The molecule has 1 aromatic rings. The first-order valence-corrected chi connectivity index (χ1v) is 7.96. The van der Waals surface area contributed by atoms with E-state index in [1.807, 2.05) is 0 Å². The van der Waals surface area contributed by atoms with Gasteiger partial charge in [-0.25, -0.2) is 0 Å². The van der Waals surface area contributed by atoms with Gasteiger partial charge in [0.15, 0.2) is 0 Å². The maximum atomic E-state index is 5.79. The zero-order valence-electron chi connectivity index (χ0n) is 12.6. The fourth-order valence-corrected chi connectivity index (χ4v) is 3.60. The molecule has 0 amide bonds. The molecule has 2 aliphatic heterocycles. The van der Waals surface area contributed by atoms with Gasteiger partial charge in [0.25, 0.3) is 0 Å². The Balaban J connectivity index is 1.73. The first kappa shape index (κ1) is 13.9. The highest BCUT2D eigenvalue weighted by molar-refractivity contribution is 5.37. The molecule has 3 nitrogen and oxygen atoms in total. The van der Waals surface area contributed by atoms with Gasteiger partial charge in [-0.3, -0.25) is 4.90 Å². The number of likely N-dealkylation sites (tertiary alicyclic amines) is 1. The molecular weight excluding hydrogens is 248 g/mol. The molecule has 0 bridgehead atoms. The SMILES string of the molecule is CC(C)NC1CCCN(C2CCOc3ccccc32)C1. The second-order valence-corrected chi connectivity index (χ2v) is 6.35.